The molecule has 0 saturated carbocycles. The van der Waals surface area contributed by atoms with E-state index in [1.807, 2.05) is 152 Å². The zero-order valence-electron chi connectivity index (χ0n) is 27.8. The number of hydrogen-bond acceptors (Lipinski definition) is 6. The van der Waals surface area contributed by atoms with Crippen LogP contribution in [0.2, 0.25) is 0 Å². The van der Waals surface area contributed by atoms with Crippen molar-refractivity contribution in [2.45, 2.75) is 0 Å². The summed E-state index contributed by atoms with van der Waals surface area (Å²) in [6.07, 6.45) is 0. The molecule has 10 rings (SSSR count). The molecular formula is C45H29N4O2P. The monoisotopic (exact) mass is 688 g/mol. The van der Waals surface area contributed by atoms with E-state index in [1.165, 1.54) is 0 Å². The Bertz CT molecular complexity index is 2770. The van der Waals surface area contributed by atoms with Gasteiger partial charge in [0.15, 0.2) is 24.6 Å². The Balaban J connectivity index is 1.27. The summed E-state index contributed by atoms with van der Waals surface area (Å²) >= 11 is 0. The highest BCUT2D eigenvalue weighted by Crippen LogP contribution is 2.55. The first-order chi connectivity index (χ1) is 25.6. The summed E-state index contributed by atoms with van der Waals surface area (Å²) in [5, 5.41) is 4.12. The predicted molar refractivity (Wildman–Crippen MR) is 211 cm³/mol. The van der Waals surface area contributed by atoms with E-state index in [4.69, 9.17) is 19.4 Å². The third-order valence-corrected chi connectivity index (χ3v) is 12.8. The highest BCUT2D eigenvalue weighted by molar-refractivity contribution is 7.86. The molecular weight excluding hydrogens is 659 g/mol. The van der Waals surface area contributed by atoms with E-state index < -0.39 is 7.14 Å². The quantitative estimate of drug-likeness (QED) is 0.168. The number of aromatic nitrogens is 3. The Morgan fingerprint density at radius 2 is 0.981 bits per heavy atom. The van der Waals surface area contributed by atoms with Crippen molar-refractivity contribution < 1.29 is 8.98 Å². The lowest BCUT2D eigenvalue weighted by atomic mass is 10.1. The summed E-state index contributed by atoms with van der Waals surface area (Å²) in [6.45, 7) is 0. The summed E-state index contributed by atoms with van der Waals surface area (Å²) in [5.74, 6) is 1.64. The fourth-order valence-electron chi connectivity index (χ4n) is 7.25. The van der Waals surface area contributed by atoms with Crippen LogP contribution in [0.25, 0.3) is 56.1 Å². The van der Waals surface area contributed by atoms with Crippen molar-refractivity contribution in [1.82, 2.24) is 15.0 Å². The van der Waals surface area contributed by atoms with Crippen LogP contribution in [-0.4, -0.2) is 15.0 Å². The van der Waals surface area contributed by atoms with Gasteiger partial charge >= 0.3 is 0 Å². The Morgan fingerprint density at radius 1 is 0.442 bits per heavy atom. The maximum atomic E-state index is 16.4. The molecule has 0 aliphatic carbocycles. The molecule has 246 valence electrons. The van der Waals surface area contributed by atoms with Crippen LogP contribution in [0, 0.1) is 0 Å². The lowest BCUT2D eigenvalue weighted by Gasteiger charge is -2.38. The first-order valence-corrected chi connectivity index (χ1v) is 18.8. The average molecular weight is 689 g/mol. The summed E-state index contributed by atoms with van der Waals surface area (Å²) in [7, 11) is -3.50. The van der Waals surface area contributed by atoms with E-state index in [2.05, 4.69) is 29.2 Å². The number of furan rings is 1. The molecule has 0 amide bonds. The van der Waals surface area contributed by atoms with E-state index in [-0.39, 0.29) is 0 Å². The van der Waals surface area contributed by atoms with E-state index in [0.29, 0.717) is 22.8 Å². The SMILES string of the molecule is O=P1(c2ccccc2)c2cc(-c3nc(-c4ccccc4)nc(-c4ccccc4)n3)ccc2N(c2ccccc2)c2cc3oc4ccccc4c3cc21. The number of nitrogens with zero attached hydrogens (tertiary/aromatic N) is 4. The van der Waals surface area contributed by atoms with Crippen LogP contribution in [0.3, 0.4) is 0 Å². The maximum absolute atomic E-state index is 16.4. The van der Waals surface area contributed by atoms with Crippen LogP contribution in [0.1, 0.15) is 0 Å². The molecule has 0 saturated heterocycles. The fourth-order valence-corrected chi connectivity index (χ4v) is 10.3. The van der Waals surface area contributed by atoms with Crippen molar-refractivity contribution in [3.05, 3.63) is 176 Å². The van der Waals surface area contributed by atoms with Gasteiger partial charge in [-0.3, -0.25) is 0 Å². The molecule has 1 unspecified atom stereocenters. The Morgan fingerprint density at radius 3 is 1.63 bits per heavy atom. The van der Waals surface area contributed by atoms with Crippen molar-refractivity contribution in [2.24, 2.45) is 0 Å². The molecule has 0 radical (unpaired) electrons. The number of hydrogen-bond donors (Lipinski definition) is 0. The fraction of sp³-hybridized carbons (Fsp3) is 0. The number of para-hydroxylation sites is 2. The summed E-state index contributed by atoms with van der Waals surface area (Å²) in [5.41, 5.74) is 6.65. The van der Waals surface area contributed by atoms with Gasteiger partial charge in [0.25, 0.3) is 0 Å². The largest absolute Gasteiger partial charge is 0.456 e. The highest BCUT2D eigenvalue weighted by atomic mass is 31.2. The van der Waals surface area contributed by atoms with Gasteiger partial charge in [-0.15, -0.1) is 0 Å². The van der Waals surface area contributed by atoms with Gasteiger partial charge < -0.3 is 13.9 Å². The van der Waals surface area contributed by atoms with Gasteiger partial charge in [0, 0.05) is 55.1 Å². The van der Waals surface area contributed by atoms with Gasteiger partial charge in [-0.2, -0.15) is 0 Å². The lowest BCUT2D eigenvalue weighted by molar-refractivity contribution is 0.592. The molecule has 1 aliphatic heterocycles. The standard InChI is InChI=1S/C45H29N4O2P/c50-52(34-21-11-4-12-22-34)41-27-32(45-47-43(30-15-5-1-6-16-30)46-44(48-45)31-17-7-2-8-18-31)25-26-37(41)49(33-19-9-3-10-20-33)38-29-40-36(28-42(38)52)35-23-13-14-24-39(35)51-40/h1-29H. The first-order valence-electron chi connectivity index (χ1n) is 17.1. The number of rotatable bonds is 5. The van der Waals surface area contributed by atoms with Crippen LogP contribution in [0.5, 0.6) is 0 Å². The van der Waals surface area contributed by atoms with Gasteiger partial charge in [0.05, 0.1) is 11.4 Å². The molecule has 2 aromatic heterocycles. The van der Waals surface area contributed by atoms with Crippen molar-refractivity contribution in [2.75, 3.05) is 4.90 Å². The van der Waals surface area contributed by atoms with Gasteiger partial charge in [0.2, 0.25) is 0 Å². The molecule has 3 heterocycles. The van der Waals surface area contributed by atoms with Gasteiger partial charge in [-0.05, 0) is 42.5 Å². The van der Waals surface area contributed by atoms with Crippen LogP contribution < -0.4 is 20.8 Å². The molecule has 0 N–H and O–H groups in total. The minimum Gasteiger partial charge on any atom is -0.456 e. The van der Waals surface area contributed by atoms with Gasteiger partial charge in [-0.1, -0.05) is 127 Å². The second-order valence-corrected chi connectivity index (χ2v) is 15.5. The van der Waals surface area contributed by atoms with Crippen molar-refractivity contribution in [3.8, 4) is 34.2 Å². The second kappa shape index (κ2) is 12.0. The number of anilines is 3. The number of benzene rings is 7. The van der Waals surface area contributed by atoms with E-state index >= 15 is 4.57 Å². The average Bonchev–Trinajstić information content (AvgIpc) is 3.59. The Hall–Kier alpha value is -6.62. The predicted octanol–water partition coefficient (Wildman–Crippen LogP) is 10.2. The van der Waals surface area contributed by atoms with Crippen molar-refractivity contribution >= 4 is 62.1 Å². The van der Waals surface area contributed by atoms with Crippen molar-refractivity contribution in [1.29, 1.82) is 0 Å². The summed E-state index contributed by atoms with van der Waals surface area (Å²) in [6, 6.07) is 58.1. The molecule has 7 aromatic carbocycles. The maximum Gasteiger partial charge on any atom is 0.175 e. The summed E-state index contributed by atoms with van der Waals surface area (Å²) < 4.78 is 22.8. The molecule has 6 nitrogen and oxygen atoms in total. The Kier molecular flexibility index (Phi) is 6.98. The molecule has 0 fully saturated rings. The smallest absolute Gasteiger partial charge is 0.175 e. The van der Waals surface area contributed by atoms with Crippen LogP contribution >= 0.6 is 7.14 Å². The topological polar surface area (TPSA) is 72.1 Å². The van der Waals surface area contributed by atoms with Crippen LogP contribution in [0.15, 0.2) is 180 Å². The molecule has 0 bridgehead atoms. The zero-order valence-corrected chi connectivity index (χ0v) is 28.7. The molecule has 9 aromatic rings. The van der Waals surface area contributed by atoms with E-state index in [9.17, 15) is 0 Å². The third-order valence-electron chi connectivity index (χ3n) is 9.70. The zero-order chi connectivity index (χ0) is 34.6. The van der Waals surface area contributed by atoms with Gasteiger partial charge in [-0.25, -0.2) is 15.0 Å². The third kappa shape index (κ3) is 4.80. The lowest BCUT2D eigenvalue weighted by Crippen LogP contribution is -2.36. The van der Waals surface area contributed by atoms with E-state index in [0.717, 1.165) is 66.3 Å². The number of fused-ring (bicyclic) bond motifs is 5. The normalized spacial score (nSPS) is 15.0. The van der Waals surface area contributed by atoms with Gasteiger partial charge in [0.1, 0.15) is 11.2 Å². The molecule has 0 spiro atoms. The molecule has 7 heteroatoms. The Labute approximate surface area is 300 Å². The van der Waals surface area contributed by atoms with Crippen LogP contribution in [0.4, 0.5) is 17.1 Å². The first kappa shape index (κ1) is 30.2. The second-order valence-electron chi connectivity index (χ2n) is 12.8. The molecule has 52 heavy (non-hydrogen) atoms. The minimum atomic E-state index is -3.50. The van der Waals surface area contributed by atoms with Crippen molar-refractivity contribution in [3.63, 3.8) is 0 Å². The van der Waals surface area contributed by atoms with Crippen LogP contribution in [-0.2, 0) is 4.57 Å². The minimum absolute atomic E-state index is 0.503. The highest BCUT2D eigenvalue weighted by Gasteiger charge is 2.42. The molecule has 1 aliphatic rings. The van der Waals surface area contributed by atoms with E-state index in [1.54, 1.807) is 0 Å². The molecule has 1 atom stereocenters. The summed E-state index contributed by atoms with van der Waals surface area (Å²) in [4.78, 5) is 17.1.